The maximum atomic E-state index is 14.7. The molecule has 41 heavy (non-hydrogen) atoms. The maximum Gasteiger partial charge on any atom is 0.381 e. The number of rotatable bonds is 15. The van der Waals surface area contributed by atoms with E-state index in [0.29, 0.717) is 10.4 Å². The first-order valence-electron chi connectivity index (χ1n) is 12.5. The molecule has 2 rings (SSSR count). The van der Waals surface area contributed by atoms with Gasteiger partial charge in [0, 0.05) is 0 Å². The lowest BCUT2D eigenvalue weighted by Gasteiger charge is -2.45. The van der Waals surface area contributed by atoms with Gasteiger partial charge in [-0.3, -0.25) is 0 Å². The highest BCUT2D eigenvalue weighted by Crippen LogP contribution is 2.28. The number of hydrogen-bond acceptors (Lipinski definition) is 11. The molecule has 0 saturated heterocycles. The molecule has 0 aliphatic carbocycles. The standard InChI is InChI=1S/C19H32O11Si11/c1-19(2,29-39(3,4)27)41(17-13-9-7-10-14-17,18-15-11-8-12-16-18)38(26)37(25)36(24)35(23)34(22)33(21)32(20)31-30-40(5,6)28/h7-16,27-28H,31H2,1-6H3. The average molecular weight is 745 g/mol. The van der Waals surface area contributed by atoms with Crippen molar-refractivity contribution in [1.29, 1.82) is 0 Å². The van der Waals surface area contributed by atoms with E-state index in [1.165, 1.54) is 26.2 Å². The molecule has 0 saturated carbocycles. The van der Waals surface area contributed by atoms with Crippen LogP contribution >= 0.6 is 0 Å². The van der Waals surface area contributed by atoms with Crippen LogP contribution in [0.4, 0.5) is 0 Å². The Labute approximate surface area is 252 Å². The molecule has 11 nitrogen and oxygen atoms in total. The highest BCUT2D eigenvalue weighted by atomic mass is 30.0. The molecular weight excluding hydrogens is 713 g/mol. The molecule has 0 spiro atoms. The van der Waals surface area contributed by atoms with Crippen LogP contribution in [0.3, 0.4) is 0 Å². The van der Waals surface area contributed by atoms with Crippen LogP contribution in [0.25, 0.3) is 0 Å². The Morgan fingerprint density at radius 3 is 1.41 bits per heavy atom. The summed E-state index contributed by atoms with van der Waals surface area (Å²) in [4.78, 5) is 20.6. The highest BCUT2D eigenvalue weighted by Gasteiger charge is 2.64. The van der Waals surface area contributed by atoms with E-state index in [1.807, 2.05) is 0 Å². The third kappa shape index (κ3) is 8.90. The Balaban J connectivity index is 2.63. The van der Waals surface area contributed by atoms with Gasteiger partial charge in [-0.2, -0.15) is 0 Å². The zero-order valence-electron chi connectivity index (χ0n) is 23.5. The predicted octanol–water partition coefficient (Wildman–Crippen LogP) is -1.93. The van der Waals surface area contributed by atoms with Crippen LogP contribution in [-0.4, -0.2) is 103 Å². The molecule has 0 radical (unpaired) electrons. The summed E-state index contributed by atoms with van der Waals surface area (Å²) in [7, 11) is -37.3. The Morgan fingerprint density at radius 2 is 1.02 bits per heavy atom. The second kappa shape index (κ2) is 14.4. The minimum Gasteiger partial charge on any atom is -0.437 e. The second-order valence-electron chi connectivity index (χ2n) is 10.7. The Kier molecular flexibility index (Phi) is 12.8. The van der Waals surface area contributed by atoms with Gasteiger partial charge in [0.1, 0.15) is 0 Å². The predicted molar refractivity (Wildman–Crippen MR) is 167 cm³/mol. The van der Waals surface area contributed by atoms with Crippen molar-refractivity contribution < 1.29 is 49.4 Å². The fraction of sp³-hybridized carbons (Fsp3) is 0.368. The summed E-state index contributed by atoms with van der Waals surface area (Å²) in [5.41, 5.74) is 0. The van der Waals surface area contributed by atoms with Gasteiger partial charge in [-0.25, -0.2) is 0 Å². The minimum atomic E-state index is -3.90. The molecule has 0 heterocycles. The normalized spacial score (nSPS) is 12.7. The lowest BCUT2D eigenvalue weighted by Crippen LogP contribution is -2.81. The Bertz CT molecular complexity index is 1350. The van der Waals surface area contributed by atoms with E-state index in [1.54, 1.807) is 74.5 Å². The molecule has 0 bridgehead atoms. The topological polar surface area (TPSA) is 178 Å². The van der Waals surface area contributed by atoms with E-state index >= 15 is 0 Å². The molecule has 0 fully saturated rings. The molecular formula is C19H32O11Si11. The Morgan fingerprint density at radius 1 is 0.634 bits per heavy atom. The average Bonchev–Trinajstić information content (AvgIpc) is 2.89. The van der Waals surface area contributed by atoms with E-state index in [-0.39, 0.29) is 0 Å². The highest BCUT2D eigenvalue weighted by molar-refractivity contribution is 7.77. The lowest BCUT2D eigenvalue weighted by molar-refractivity contribution is 0.140. The molecule has 2 aromatic rings. The van der Waals surface area contributed by atoms with Crippen LogP contribution in [0.1, 0.15) is 13.8 Å². The van der Waals surface area contributed by atoms with Gasteiger partial charge in [0.25, 0.3) is 0 Å². The van der Waals surface area contributed by atoms with Crippen molar-refractivity contribution in [2.45, 2.75) is 45.3 Å². The first-order chi connectivity index (χ1) is 18.8. The smallest absolute Gasteiger partial charge is 0.381 e. The van der Waals surface area contributed by atoms with E-state index in [2.05, 4.69) is 0 Å². The van der Waals surface area contributed by atoms with Gasteiger partial charge in [-0.05, 0) is 50.4 Å². The summed E-state index contributed by atoms with van der Waals surface area (Å²) in [6.07, 6.45) is 0. The second-order valence-corrected chi connectivity index (χ2v) is 60.9. The zero-order chi connectivity index (χ0) is 31.4. The van der Waals surface area contributed by atoms with Gasteiger partial charge in [-0.1, -0.05) is 60.7 Å². The molecule has 218 valence electrons. The van der Waals surface area contributed by atoms with Crippen molar-refractivity contribution in [3.8, 4) is 0 Å². The molecule has 2 aromatic carbocycles. The van der Waals surface area contributed by atoms with Crippen molar-refractivity contribution in [2.75, 3.05) is 0 Å². The molecule has 0 aliphatic heterocycles. The molecule has 0 aliphatic rings. The molecule has 0 atom stereocenters. The van der Waals surface area contributed by atoms with Gasteiger partial charge >= 0.3 is 71.1 Å². The zero-order valence-corrected chi connectivity index (χ0v) is 35.0. The third-order valence-electron chi connectivity index (χ3n) is 6.00. The SMILES string of the molecule is CC(C)(O[Si](C)(C)O)[Si](c1ccccc1)(c1ccccc1)[Si](=O)[Si](=O)[Si](=O)[Si](=O)[Si](=O)[Si](=O)[Si](=O)[SiH2]O[Si](C)(C)O. The van der Waals surface area contributed by atoms with E-state index < -0.39 is 93.2 Å². The van der Waals surface area contributed by atoms with Crippen molar-refractivity contribution in [3.63, 3.8) is 0 Å². The fourth-order valence-corrected chi connectivity index (χ4v) is 108. The van der Waals surface area contributed by atoms with Gasteiger partial charge in [0.05, 0.1) is 5.22 Å². The first-order valence-corrected chi connectivity index (χ1v) is 39.9. The van der Waals surface area contributed by atoms with Crippen LogP contribution in [0.15, 0.2) is 60.7 Å². The van der Waals surface area contributed by atoms with Crippen molar-refractivity contribution in [2.24, 2.45) is 0 Å². The molecule has 0 aromatic heterocycles. The summed E-state index contributed by atoms with van der Waals surface area (Å²) >= 11 is 0. The van der Waals surface area contributed by atoms with Crippen molar-refractivity contribution >= 4 is 98.4 Å². The number of benzene rings is 2. The monoisotopic (exact) mass is 744 g/mol. The van der Waals surface area contributed by atoms with Crippen LogP contribution in [0, 0.1) is 0 Å². The summed E-state index contributed by atoms with van der Waals surface area (Å²) < 4.78 is 105. The Hall–Kier alpha value is -0.734. The van der Waals surface area contributed by atoms with Gasteiger partial charge < -0.3 is 49.4 Å². The van der Waals surface area contributed by atoms with Gasteiger partial charge in [-0.15, -0.1) is 0 Å². The molecule has 2 N–H and O–H groups in total. The van der Waals surface area contributed by atoms with Crippen LogP contribution in [0.2, 0.25) is 26.2 Å². The maximum absolute atomic E-state index is 14.7. The van der Waals surface area contributed by atoms with E-state index in [9.17, 15) is 40.8 Å². The fourth-order valence-electron chi connectivity index (χ4n) is 4.49. The lowest BCUT2D eigenvalue weighted by atomic mass is 10.4. The summed E-state index contributed by atoms with van der Waals surface area (Å²) in [5.74, 6) is 0. The summed E-state index contributed by atoms with van der Waals surface area (Å²) in [5, 5.41) is -0.282. The van der Waals surface area contributed by atoms with Crippen LogP contribution < -0.4 is 10.4 Å². The van der Waals surface area contributed by atoms with Crippen molar-refractivity contribution in [3.05, 3.63) is 60.7 Å². The third-order valence-corrected chi connectivity index (χ3v) is 78.8. The van der Waals surface area contributed by atoms with Crippen molar-refractivity contribution in [1.82, 2.24) is 0 Å². The summed E-state index contributed by atoms with van der Waals surface area (Å²) in [6, 6.07) is 17.2. The minimum absolute atomic E-state index is 0.538. The number of hydrogen-bond donors (Lipinski definition) is 2. The largest absolute Gasteiger partial charge is 0.437 e. The van der Waals surface area contributed by atoms with Crippen LogP contribution in [-0.2, 0) is 39.8 Å². The first kappa shape index (κ1) is 36.5. The molecule has 22 heteroatoms. The van der Waals surface area contributed by atoms with E-state index in [0.717, 1.165) is 0 Å². The molecule has 0 amide bonds. The van der Waals surface area contributed by atoms with E-state index in [4.69, 9.17) is 8.54 Å². The summed E-state index contributed by atoms with van der Waals surface area (Å²) in [6.45, 7) is 9.19. The molecule has 0 unspecified atom stereocenters. The van der Waals surface area contributed by atoms with Gasteiger partial charge in [0.15, 0.2) is 0 Å². The van der Waals surface area contributed by atoms with Gasteiger partial charge in [0.2, 0.25) is 16.9 Å². The van der Waals surface area contributed by atoms with Crippen LogP contribution in [0.5, 0.6) is 0 Å². The quantitative estimate of drug-likeness (QED) is 0.194.